The summed E-state index contributed by atoms with van der Waals surface area (Å²) in [6.07, 6.45) is 0. The molecule has 0 bridgehead atoms. The molecule has 0 radical (unpaired) electrons. The second-order valence-electron chi connectivity index (χ2n) is 2.87. The Labute approximate surface area is 99.5 Å². The van der Waals surface area contributed by atoms with Gasteiger partial charge in [0.2, 0.25) is 5.83 Å². The molecule has 0 spiro atoms. The molecule has 0 aliphatic rings. The van der Waals surface area contributed by atoms with Crippen molar-refractivity contribution in [1.29, 1.82) is 0 Å². The van der Waals surface area contributed by atoms with Crippen molar-refractivity contribution >= 4 is 39.1 Å². The standard InChI is InChI=1S/C10H7BrClFO2/c1-5(9(13)10(14)15)7-3-2-6(11)4-8(7)12/h2-4H,1H3,(H,14,15)/b9-5-. The van der Waals surface area contributed by atoms with E-state index in [2.05, 4.69) is 15.9 Å². The largest absolute Gasteiger partial charge is 0.476 e. The molecule has 0 aliphatic carbocycles. The quantitative estimate of drug-likeness (QED) is 0.840. The van der Waals surface area contributed by atoms with Crippen molar-refractivity contribution in [3.8, 4) is 0 Å². The molecule has 0 aromatic heterocycles. The van der Waals surface area contributed by atoms with Gasteiger partial charge in [-0.1, -0.05) is 33.6 Å². The minimum Gasteiger partial charge on any atom is -0.476 e. The Morgan fingerprint density at radius 3 is 2.60 bits per heavy atom. The van der Waals surface area contributed by atoms with Crippen LogP contribution in [0.1, 0.15) is 12.5 Å². The molecule has 0 saturated carbocycles. The predicted octanol–water partition coefficient (Wildman–Crippen LogP) is 3.89. The van der Waals surface area contributed by atoms with Crippen LogP contribution in [0.15, 0.2) is 28.5 Å². The van der Waals surface area contributed by atoms with Crippen LogP contribution in [-0.2, 0) is 4.79 Å². The monoisotopic (exact) mass is 292 g/mol. The SMILES string of the molecule is C/C(=C(/F)C(=O)O)c1ccc(Br)cc1Cl. The fourth-order valence-corrected chi connectivity index (χ4v) is 1.89. The summed E-state index contributed by atoms with van der Waals surface area (Å²) in [6, 6.07) is 4.81. The Hall–Kier alpha value is -0.870. The summed E-state index contributed by atoms with van der Waals surface area (Å²) in [5.41, 5.74) is 0.389. The Morgan fingerprint density at radius 1 is 1.53 bits per heavy atom. The van der Waals surface area contributed by atoms with E-state index < -0.39 is 11.8 Å². The first kappa shape index (κ1) is 12.2. The van der Waals surface area contributed by atoms with E-state index in [0.29, 0.717) is 10.6 Å². The maximum absolute atomic E-state index is 13.1. The van der Waals surface area contributed by atoms with Crippen LogP contribution in [0.5, 0.6) is 0 Å². The van der Waals surface area contributed by atoms with Gasteiger partial charge in [0, 0.05) is 15.1 Å². The molecular formula is C10H7BrClFO2. The highest BCUT2D eigenvalue weighted by Gasteiger charge is 2.14. The van der Waals surface area contributed by atoms with Crippen molar-refractivity contribution in [2.75, 3.05) is 0 Å². The van der Waals surface area contributed by atoms with Gasteiger partial charge in [0.15, 0.2) is 0 Å². The van der Waals surface area contributed by atoms with E-state index in [-0.39, 0.29) is 5.57 Å². The summed E-state index contributed by atoms with van der Waals surface area (Å²) in [5.74, 6) is -2.79. The number of rotatable bonds is 2. The highest BCUT2D eigenvalue weighted by molar-refractivity contribution is 9.10. The molecule has 0 amide bonds. The Morgan fingerprint density at radius 2 is 2.13 bits per heavy atom. The van der Waals surface area contributed by atoms with E-state index in [1.807, 2.05) is 0 Å². The molecule has 0 atom stereocenters. The summed E-state index contributed by atoms with van der Waals surface area (Å²) < 4.78 is 13.8. The van der Waals surface area contributed by atoms with Crippen LogP contribution in [0.4, 0.5) is 4.39 Å². The van der Waals surface area contributed by atoms with Crippen LogP contribution in [0.25, 0.3) is 5.57 Å². The van der Waals surface area contributed by atoms with Gasteiger partial charge in [0.05, 0.1) is 0 Å². The molecule has 1 aromatic rings. The Bertz CT molecular complexity index is 443. The molecule has 1 N–H and O–H groups in total. The van der Waals surface area contributed by atoms with E-state index in [1.54, 1.807) is 18.2 Å². The minimum atomic E-state index is -1.59. The number of aliphatic carboxylic acids is 1. The molecule has 0 unspecified atom stereocenters. The fraction of sp³-hybridized carbons (Fsp3) is 0.100. The van der Waals surface area contributed by atoms with Gasteiger partial charge in [-0.25, -0.2) is 4.79 Å². The molecule has 80 valence electrons. The first-order chi connectivity index (χ1) is 6.93. The molecule has 0 fully saturated rings. The van der Waals surface area contributed by atoms with Crippen molar-refractivity contribution in [2.45, 2.75) is 6.92 Å². The van der Waals surface area contributed by atoms with Gasteiger partial charge in [0.1, 0.15) is 0 Å². The Kier molecular flexibility index (Phi) is 3.88. The first-order valence-corrected chi connectivity index (χ1v) is 5.15. The molecule has 5 heteroatoms. The van der Waals surface area contributed by atoms with Gasteiger partial charge in [0.25, 0.3) is 0 Å². The van der Waals surface area contributed by atoms with Crippen molar-refractivity contribution in [1.82, 2.24) is 0 Å². The van der Waals surface area contributed by atoms with Crippen LogP contribution >= 0.6 is 27.5 Å². The topological polar surface area (TPSA) is 37.3 Å². The molecule has 0 heterocycles. The van der Waals surface area contributed by atoms with Crippen LogP contribution in [0.3, 0.4) is 0 Å². The average molecular weight is 294 g/mol. The van der Waals surface area contributed by atoms with Crippen LogP contribution < -0.4 is 0 Å². The van der Waals surface area contributed by atoms with E-state index in [0.717, 1.165) is 4.47 Å². The number of benzene rings is 1. The lowest BCUT2D eigenvalue weighted by Gasteiger charge is -2.05. The van der Waals surface area contributed by atoms with E-state index in [4.69, 9.17) is 16.7 Å². The predicted molar refractivity (Wildman–Crippen MR) is 60.5 cm³/mol. The van der Waals surface area contributed by atoms with E-state index in [1.165, 1.54) is 6.92 Å². The van der Waals surface area contributed by atoms with Crippen molar-refractivity contribution in [3.05, 3.63) is 39.1 Å². The van der Waals surface area contributed by atoms with Crippen molar-refractivity contribution in [3.63, 3.8) is 0 Å². The van der Waals surface area contributed by atoms with Gasteiger partial charge >= 0.3 is 5.97 Å². The fourth-order valence-electron chi connectivity index (χ4n) is 1.07. The normalized spacial score (nSPS) is 12.3. The summed E-state index contributed by atoms with van der Waals surface area (Å²) in [7, 11) is 0. The number of carboxylic acids is 1. The number of carboxylic acid groups (broad SMARTS) is 1. The van der Waals surface area contributed by atoms with E-state index in [9.17, 15) is 9.18 Å². The summed E-state index contributed by atoms with van der Waals surface area (Å²) in [4.78, 5) is 10.4. The third kappa shape index (κ3) is 2.79. The number of allylic oxidation sites excluding steroid dienone is 1. The minimum absolute atomic E-state index is 0.0139. The van der Waals surface area contributed by atoms with Crippen LogP contribution in [0.2, 0.25) is 5.02 Å². The molecular weight excluding hydrogens is 286 g/mol. The maximum atomic E-state index is 13.1. The van der Waals surface area contributed by atoms with Gasteiger partial charge in [-0.2, -0.15) is 4.39 Å². The van der Waals surface area contributed by atoms with Gasteiger partial charge in [-0.15, -0.1) is 0 Å². The van der Waals surface area contributed by atoms with Crippen molar-refractivity contribution in [2.24, 2.45) is 0 Å². The van der Waals surface area contributed by atoms with Gasteiger partial charge in [-0.3, -0.25) is 0 Å². The number of hydrogen-bond acceptors (Lipinski definition) is 1. The zero-order chi connectivity index (χ0) is 11.6. The maximum Gasteiger partial charge on any atom is 0.365 e. The van der Waals surface area contributed by atoms with E-state index >= 15 is 0 Å². The smallest absolute Gasteiger partial charge is 0.365 e. The molecule has 0 saturated heterocycles. The summed E-state index contributed by atoms with van der Waals surface area (Å²) in [5, 5.41) is 8.78. The van der Waals surface area contributed by atoms with Gasteiger partial charge in [-0.05, 0) is 24.6 Å². The number of hydrogen-bond donors (Lipinski definition) is 1. The molecule has 15 heavy (non-hydrogen) atoms. The van der Waals surface area contributed by atoms with Crippen molar-refractivity contribution < 1.29 is 14.3 Å². The highest BCUT2D eigenvalue weighted by Crippen LogP contribution is 2.29. The highest BCUT2D eigenvalue weighted by atomic mass is 79.9. The number of carbonyl (C=O) groups is 1. The lowest BCUT2D eigenvalue weighted by molar-refractivity contribution is -0.134. The van der Waals surface area contributed by atoms with Gasteiger partial charge < -0.3 is 5.11 Å². The summed E-state index contributed by atoms with van der Waals surface area (Å²) >= 11 is 9.05. The molecule has 1 rings (SSSR count). The zero-order valence-corrected chi connectivity index (χ0v) is 10.1. The molecule has 1 aromatic carbocycles. The molecule has 0 aliphatic heterocycles. The van der Waals surface area contributed by atoms with Crippen LogP contribution in [-0.4, -0.2) is 11.1 Å². The average Bonchev–Trinajstić information content (AvgIpc) is 2.15. The van der Waals surface area contributed by atoms with Crippen LogP contribution in [0, 0.1) is 0 Å². The second-order valence-corrected chi connectivity index (χ2v) is 4.19. The number of halogens is 3. The second kappa shape index (κ2) is 4.77. The first-order valence-electron chi connectivity index (χ1n) is 3.98. The Balaban J connectivity index is 3.29. The molecule has 2 nitrogen and oxygen atoms in total. The third-order valence-electron chi connectivity index (χ3n) is 1.85. The third-order valence-corrected chi connectivity index (χ3v) is 2.66. The lowest BCUT2D eigenvalue weighted by atomic mass is 10.1. The lowest BCUT2D eigenvalue weighted by Crippen LogP contribution is -1.98. The zero-order valence-electron chi connectivity index (χ0n) is 7.72. The summed E-state index contributed by atoms with van der Waals surface area (Å²) in [6.45, 7) is 1.37.